The van der Waals surface area contributed by atoms with Gasteiger partial charge in [0.15, 0.2) is 0 Å². The summed E-state index contributed by atoms with van der Waals surface area (Å²) in [5.74, 6) is -0.0237. The van der Waals surface area contributed by atoms with Crippen molar-refractivity contribution in [3.63, 3.8) is 0 Å². The van der Waals surface area contributed by atoms with Crippen molar-refractivity contribution in [3.8, 4) is 0 Å². The lowest BCUT2D eigenvalue weighted by Gasteiger charge is -2.19. The predicted octanol–water partition coefficient (Wildman–Crippen LogP) is 4.10. The minimum absolute atomic E-state index is 0.0237. The maximum absolute atomic E-state index is 12.2. The minimum Gasteiger partial charge on any atom is -0.325 e. The van der Waals surface area contributed by atoms with Gasteiger partial charge in [-0.1, -0.05) is 63.2 Å². The van der Waals surface area contributed by atoms with E-state index in [0.717, 1.165) is 5.69 Å². The highest BCUT2D eigenvalue weighted by molar-refractivity contribution is 5.94. The molecular weight excluding hydrogens is 284 g/mol. The van der Waals surface area contributed by atoms with Gasteiger partial charge in [0.2, 0.25) is 5.91 Å². The maximum atomic E-state index is 12.2. The van der Waals surface area contributed by atoms with Gasteiger partial charge < -0.3 is 10.6 Å². The van der Waals surface area contributed by atoms with Gasteiger partial charge in [-0.05, 0) is 35.6 Å². The average molecular weight is 310 g/mol. The molecule has 0 radical (unpaired) electrons. The Morgan fingerprint density at radius 2 is 1.61 bits per heavy atom. The first kappa shape index (κ1) is 17.2. The molecule has 3 nitrogen and oxygen atoms in total. The lowest BCUT2D eigenvalue weighted by Crippen LogP contribution is -2.37. The number of benzene rings is 2. The van der Waals surface area contributed by atoms with Gasteiger partial charge in [0.1, 0.15) is 0 Å². The summed E-state index contributed by atoms with van der Waals surface area (Å²) in [6.45, 7) is 9.09. The molecule has 2 aromatic rings. The molecule has 0 unspecified atom stereocenters. The van der Waals surface area contributed by atoms with Crippen molar-refractivity contribution >= 4 is 11.6 Å². The SMILES string of the molecule is C[C@H](NCc1ccccc1)C(=O)Nc1ccc(C(C)(C)C)cc1. The quantitative estimate of drug-likeness (QED) is 0.873. The van der Waals surface area contributed by atoms with Crippen LogP contribution in [0.4, 0.5) is 5.69 Å². The first-order chi connectivity index (χ1) is 10.9. The molecule has 0 spiro atoms. The summed E-state index contributed by atoms with van der Waals surface area (Å²) in [5.41, 5.74) is 3.37. The van der Waals surface area contributed by atoms with Crippen LogP contribution in [-0.2, 0) is 16.8 Å². The van der Waals surface area contributed by atoms with Crippen LogP contribution in [0.25, 0.3) is 0 Å². The van der Waals surface area contributed by atoms with Gasteiger partial charge in [0.05, 0.1) is 6.04 Å². The number of carbonyl (C=O) groups is 1. The van der Waals surface area contributed by atoms with Crippen LogP contribution in [0.3, 0.4) is 0 Å². The number of amides is 1. The van der Waals surface area contributed by atoms with Crippen LogP contribution in [0.1, 0.15) is 38.8 Å². The molecule has 122 valence electrons. The molecule has 1 amide bonds. The van der Waals surface area contributed by atoms with E-state index in [1.807, 2.05) is 49.4 Å². The second kappa shape index (κ2) is 7.42. The highest BCUT2D eigenvalue weighted by Crippen LogP contribution is 2.23. The van der Waals surface area contributed by atoms with Crippen LogP contribution >= 0.6 is 0 Å². The second-order valence-electron chi connectivity index (χ2n) is 6.90. The van der Waals surface area contributed by atoms with Gasteiger partial charge in [0, 0.05) is 12.2 Å². The van der Waals surface area contributed by atoms with E-state index in [2.05, 4.69) is 43.5 Å². The molecule has 0 saturated carbocycles. The molecule has 0 heterocycles. The van der Waals surface area contributed by atoms with Crippen molar-refractivity contribution in [2.75, 3.05) is 5.32 Å². The largest absolute Gasteiger partial charge is 0.325 e. The van der Waals surface area contributed by atoms with Crippen molar-refractivity contribution in [1.29, 1.82) is 0 Å². The molecule has 0 saturated heterocycles. The van der Waals surface area contributed by atoms with E-state index in [1.54, 1.807) is 0 Å². The lowest BCUT2D eigenvalue weighted by atomic mass is 9.87. The number of hydrogen-bond acceptors (Lipinski definition) is 2. The summed E-state index contributed by atoms with van der Waals surface area (Å²) in [6.07, 6.45) is 0. The molecule has 0 bridgehead atoms. The monoisotopic (exact) mass is 310 g/mol. The molecule has 1 atom stereocenters. The van der Waals surface area contributed by atoms with Gasteiger partial charge in [-0.2, -0.15) is 0 Å². The maximum Gasteiger partial charge on any atom is 0.241 e. The molecule has 0 fully saturated rings. The molecule has 0 aliphatic heterocycles. The Balaban J connectivity index is 1.88. The Labute approximate surface area is 139 Å². The fourth-order valence-electron chi connectivity index (χ4n) is 2.26. The summed E-state index contributed by atoms with van der Waals surface area (Å²) in [6, 6.07) is 17.9. The van der Waals surface area contributed by atoms with Gasteiger partial charge >= 0.3 is 0 Å². The molecule has 0 aliphatic carbocycles. The van der Waals surface area contributed by atoms with Gasteiger partial charge in [0.25, 0.3) is 0 Å². The summed E-state index contributed by atoms with van der Waals surface area (Å²) in [7, 11) is 0. The molecule has 0 aliphatic rings. The van der Waals surface area contributed by atoms with Crippen molar-refractivity contribution < 1.29 is 4.79 Å². The summed E-state index contributed by atoms with van der Waals surface area (Å²) >= 11 is 0. The van der Waals surface area contributed by atoms with Crippen LogP contribution in [0.5, 0.6) is 0 Å². The fraction of sp³-hybridized carbons (Fsp3) is 0.350. The van der Waals surface area contributed by atoms with Crippen LogP contribution in [0, 0.1) is 0 Å². The van der Waals surface area contributed by atoms with E-state index in [-0.39, 0.29) is 17.4 Å². The molecule has 2 rings (SSSR count). The summed E-state index contributed by atoms with van der Waals surface area (Å²) in [4.78, 5) is 12.2. The predicted molar refractivity (Wildman–Crippen MR) is 96.5 cm³/mol. The third-order valence-electron chi connectivity index (χ3n) is 3.87. The van der Waals surface area contributed by atoms with E-state index in [0.29, 0.717) is 6.54 Å². The minimum atomic E-state index is -0.252. The third kappa shape index (κ3) is 5.22. The molecule has 2 N–H and O–H groups in total. The number of carbonyl (C=O) groups excluding carboxylic acids is 1. The van der Waals surface area contributed by atoms with E-state index in [1.165, 1.54) is 11.1 Å². The number of anilines is 1. The van der Waals surface area contributed by atoms with E-state index in [9.17, 15) is 4.79 Å². The highest BCUT2D eigenvalue weighted by atomic mass is 16.2. The Hall–Kier alpha value is -2.13. The van der Waals surface area contributed by atoms with Crippen LogP contribution in [-0.4, -0.2) is 11.9 Å². The molecular formula is C20H26N2O. The number of nitrogens with one attached hydrogen (secondary N) is 2. The zero-order valence-corrected chi connectivity index (χ0v) is 14.4. The Morgan fingerprint density at radius 3 is 2.17 bits per heavy atom. The second-order valence-corrected chi connectivity index (χ2v) is 6.90. The molecule has 23 heavy (non-hydrogen) atoms. The number of rotatable bonds is 5. The van der Waals surface area contributed by atoms with Gasteiger partial charge in [-0.3, -0.25) is 4.79 Å². The summed E-state index contributed by atoms with van der Waals surface area (Å²) in [5, 5.41) is 6.20. The van der Waals surface area contributed by atoms with Crippen molar-refractivity contribution in [2.24, 2.45) is 0 Å². The Morgan fingerprint density at radius 1 is 1.00 bits per heavy atom. The van der Waals surface area contributed by atoms with Crippen molar-refractivity contribution in [1.82, 2.24) is 5.32 Å². The van der Waals surface area contributed by atoms with Crippen molar-refractivity contribution in [2.45, 2.75) is 45.7 Å². The topological polar surface area (TPSA) is 41.1 Å². The number of hydrogen-bond donors (Lipinski definition) is 2. The van der Waals surface area contributed by atoms with Crippen LogP contribution < -0.4 is 10.6 Å². The van der Waals surface area contributed by atoms with E-state index >= 15 is 0 Å². The first-order valence-corrected chi connectivity index (χ1v) is 8.05. The van der Waals surface area contributed by atoms with Crippen LogP contribution in [0.2, 0.25) is 0 Å². The highest BCUT2D eigenvalue weighted by Gasteiger charge is 2.15. The zero-order valence-electron chi connectivity index (χ0n) is 14.4. The van der Waals surface area contributed by atoms with Crippen LogP contribution in [0.15, 0.2) is 54.6 Å². The summed E-state index contributed by atoms with van der Waals surface area (Å²) < 4.78 is 0. The molecule has 0 aromatic heterocycles. The first-order valence-electron chi connectivity index (χ1n) is 8.05. The zero-order chi connectivity index (χ0) is 16.9. The Kier molecular flexibility index (Phi) is 5.56. The molecule has 3 heteroatoms. The normalized spacial score (nSPS) is 12.7. The lowest BCUT2D eigenvalue weighted by molar-refractivity contribution is -0.117. The third-order valence-corrected chi connectivity index (χ3v) is 3.87. The average Bonchev–Trinajstić information content (AvgIpc) is 2.53. The van der Waals surface area contributed by atoms with E-state index in [4.69, 9.17) is 0 Å². The van der Waals surface area contributed by atoms with Gasteiger partial charge in [-0.15, -0.1) is 0 Å². The smallest absolute Gasteiger partial charge is 0.241 e. The van der Waals surface area contributed by atoms with Gasteiger partial charge in [-0.25, -0.2) is 0 Å². The fourth-order valence-corrected chi connectivity index (χ4v) is 2.26. The Bertz CT molecular complexity index is 627. The van der Waals surface area contributed by atoms with E-state index < -0.39 is 0 Å². The molecule has 2 aromatic carbocycles. The standard InChI is InChI=1S/C20H26N2O/c1-15(21-14-16-8-6-5-7-9-16)19(23)22-18-12-10-17(11-13-18)20(2,3)4/h5-13,15,21H,14H2,1-4H3,(H,22,23)/t15-/m0/s1. The van der Waals surface area contributed by atoms with Crippen molar-refractivity contribution in [3.05, 3.63) is 65.7 Å².